The van der Waals surface area contributed by atoms with E-state index in [1.165, 1.54) is 13.0 Å². The summed E-state index contributed by atoms with van der Waals surface area (Å²) in [5.74, 6) is -0.607. The number of benzene rings is 2. The molecule has 7 nitrogen and oxygen atoms in total. The second-order valence-corrected chi connectivity index (χ2v) is 9.32. The van der Waals surface area contributed by atoms with Crippen LogP contribution in [-0.2, 0) is 20.2 Å². The molecular weight excluding hydrogens is 392 g/mol. The second-order valence-electron chi connectivity index (χ2n) is 7.55. The summed E-state index contributed by atoms with van der Waals surface area (Å²) in [7, 11) is -3.66. The molecule has 0 spiro atoms. The van der Waals surface area contributed by atoms with Crippen molar-refractivity contribution in [2.45, 2.75) is 38.0 Å². The molecule has 156 valence electrons. The fourth-order valence-corrected chi connectivity index (χ4v) is 3.58. The van der Waals surface area contributed by atoms with Gasteiger partial charge in [-0.1, -0.05) is 39.0 Å². The lowest BCUT2D eigenvalue weighted by Crippen LogP contribution is -2.34. The second kappa shape index (κ2) is 9.19. The lowest BCUT2D eigenvalue weighted by atomic mass is 9.87. The van der Waals surface area contributed by atoms with Gasteiger partial charge in [-0.15, -0.1) is 0 Å². The van der Waals surface area contributed by atoms with Gasteiger partial charge in [0.1, 0.15) is 5.75 Å². The molecule has 8 heteroatoms. The monoisotopic (exact) mass is 418 g/mol. The molecule has 0 atom stereocenters. The Morgan fingerprint density at radius 3 is 2.24 bits per heavy atom. The maximum absolute atomic E-state index is 12.4. The van der Waals surface area contributed by atoms with Gasteiger partial charge >= 0.3 is 5.97 Å². The van der Waals surface area contributed by atoms with Crippen LogP contribution in [0.2, 0.25) is 0 Å². The third-order valence-corrected chi connectivity index (χ3v) is 5.57. The Hall–Kier alpha value is -2.71. The van der Waals surface area contributed by atoms with Gasteiger partial charge in [0, 0.05) is 25.6 Å². The molecule has 0 bridgehead atoms. The number of esters is 1. The summed E-state index contributed by atoms with van der Waals surface area (Å²) in [6.45, 7) is 7.59. The SMILES string of the molecule is CC(=O)Oc1cccc(C(=O)NCCNS(=O)(=O)c2ccc(C(C)(C)C)cc2)c1. The molecule has 0 aliphatic rings. The minimum Gasteiger partial charge on any atom is -0.427 e. The molecule has 1 amide bonds. The van der Waals surface area contributed by atoms with E-state index < -0.39 is 21.9 Å². The van der Waals surface area contributed by atoms with Crippen molar-refractivity contribution in [2.75, 3.05) is 13.1 Å². The summed E-state index contributed by atoms with van der Waals surface area (Å²) in [5.41, 5.74) is 1.29. The predicted octanol–water partition coefficient (Wildman–Crippen LogP) is 2.62. The number of hydrogen-bond donors (Lipinski definition) is 2. The van der Waals surface area contributed by atoms with Gasteiger partial charge in [0.05, 0.1) is 4.90 Å². The van der Waals surface area contributed by atoms with Crippen molar-refractivity contribution in [1.29, 1.82) is 0 Å². The van der Waals surface area contributed by atoms with Crippen molar-refractivity contribution < 1.29 is 22.7 Å². The molecule has 0 saturated heterocycles. The van der Waals surface area contributed by atoms with E-state index in [1.807, 2.05) is 0 Å². The van der Waals surface area contributed by atoms with Crippen LogP contribution in [0.5, 0.6) is 5.75 Å². The maximum atomic E-state index is 12.4. The van der Waals surface area contributed by atoms with E-state index >= 15 is 0 Å². The zero-order chi connectivity index (χ0) is 21.7. The van der Waals surface area contributed by atoms with Crippen molar-refractivity contribution in [1.82, 2.24) is 10.0 Å². The van der Waals surface area contributed by atoms with Crippen LogP contribution >= 0.6 is 0 Å². The molecule has 0 fully saturated rings. The number of carbonyl (C=O) groups excluding carboxylic acids is 2. The Morgan fingerprint density at radius 2 is 1.66 bits per heavy atom. The number of ether oxygens (including phenoxy) is 1. The van der Waals surface area contributed by atoms with Crippen molar-refractivity contribution in [3.05, 3.63) is 59.7 Å². The molecule has 0 saturated carbocycles. The zero-order valence-electron chi connectivity index (χ0n) is 17.0. The molecule has 0 aromatic heterocycles. The molecule has 0 radical (unpaired) electrons. The highest BCUT2D eigenvalue weighted by Crippen LogP contribution is 2.23. The third kappa shape index (κ3) is 6.69. The zero-order valence-corrected chi connectivity index (χ0v) is 17.8. The van der Waals surface area contributed by atoms with E-state index in [-0.39, 0.29) is 29.1 Å². The van der Waals surface area contributed by atoms with E-state index in [9.17, 15) is 18.0 Å². The fourth-order valence-electron chi connectivity index (χ4n) is 2.55. The van der Waals surface area contributed by atoms with E-state index in [0.717, 1.165) is 5.56 Å². The first kappa shape index (κ1) is 22.6. The summed E-state index contributed by atoms with van der Waals surface area (Å²) in [6, 6.07) is 12.9. The summed E-state index contributed by atoms with van der Waals surface area (Å²) in [4.78, 5) is 23.3. The van der Waals surface area contributed by atoms with Gasteiger partial charge in [0.15, 0.2) is 0 Å². The Morgan fingerprint density at radius 1 is 1.00 bits per heavy atom. The molecule has 2 N–H and O–H groups in total. The van der Waals surface area contributed by atoms with Gasteiger partial charge in [-0.3, -0.25) is 9.59 Å². The normalized spacial score (nSPS) is 11.7. The van der Waals surface area contributed by atoms with Crippen molar-refractivity contribution in [3.8, 4) is 5.75 Å². The molecule has 0 aliphatic carbocycles. The smallest absolute Gasteiger partial charge is 0.308 e. The number of sulfonamides is 1. The van der Waals surface area contributed by atoms with Crippen LogP contribution in [0, 0.1) is 0 Å². The molecular formula is C21H26N2O5S. The van der Waals surface area contributed by atoms with Crippen LogP contribution in [0.1, 0.15) is 43.6 Å². The molecule has 2 aromatic rings. The van der Waals surface area contributed by atoms with Gasteiger partial charge < -0.3 is 10.1 Å². The van der Waals surface area contributed by atoms with E-state index in [2.05, 4.69) is 30.8 Å². The highest BCUT2D eigenvalue weighted by molar-refractivity contribution is 7.89. The minimum absolute atomic E-state index is 0.0404. The quantitative estimate of drug-likeness (QED) is 0.409. The highest BCUT2D eigenvalue weighted by Gasteiger charge is 2.17. The standard InChI is InChI=1S/C21H26N2O5S/c1-15(24)28-18-7-5-6-16(14-18)20(25)22-12-13-23-29(26,27)19-10-8-17(9-11-19)21(2,3)4/h5-11,14,23H,12-13H2,1-4H3,(H,22,25). The number of rotatable bonds is 7. The molecule has 2 aromatic carbocycles. The van der Waals surface area contributed by atoms with Gasteiger partial charge in [-0.25, -0.2) is 13.1 Å². The Labute approximate surface area is 171 Å². The summed E-state index contributed by atoms with van der Waals surface area (Å²) < 4.78 is 32.2. The third-order valence-electron chi connectivity index (χ3n) is 4.09. The summed E-state index contributed by atoms with van der Waals surface area (Å²) in [6.07, 6.45) is 0. The van der Waals surface area contributed by atoms with Gasteiger partial charge in [0.25, 0.3) is 5.91 Å². The Balaban J connectivity index is 1.89. The molecule has 2 rings (SSSR count). The average molecular weight is 419 g/mol. The molecule has 29 heavy (non-hydrogen) atoms. The topological polar surface area (TPSA) is 102 Å². The first-order valence-electron chi connectivity index (χ1n) is 9.16. The molecule has 0 aliphatic heterocycles. The fraction of sp³-hybridized carbons (Fsp3) is 0.333. The lowest BCUT2D eigenvalue weighted by Gasteiger charge is -2.19. The predicted molar refractivity (Wildman–Crippen MR) is 110 cm³/mol. The van der Waals surface area contributed by atoms with E-state index in [4.69, 9.17) is 4.74 Å². The summed E-state index contributed by atoms with van der Waals surface area (Å²) >= 11 is 0. The number of nitrogens with one attached hydrogen (secondary N) is 2. The Bertz CT molecular complexity index is 977. The number of carbonyl (C=O) groups is 2. The molecule has 0 heterocycles. The minimum atomic E-state index is -3.66. The number of hydrogen-bond acceptors (Lipinski definition) is 5. The van der Waals surface area contributed by atoms with Crippen LogP contribution < -0.4 is 14.8 Å². The number of amides is 1. The van der Waals surface area contributed by atoms with Crippen molar-refractivity contribution in [2.24, 2.45) is 0 Å². The summed E-state index contributed by atoms with van der Waals surface area (Å²) in [5, 5.41) is 2.63. The molecule has 0 unspecified atom stereocenters. The van der Waals surface area contributed by atoms with E-state index in [0.29, 0.717) is 5.56 Å². The Kier molecular flexibility index (Phi) is 7.16. The lowest BCUT2D eigenvalue weighted by molar-refractivity contribution is -0.131. The van der Waals surface area contributed by atoms with Gasteiger partial charge in [-0.2, -0.15) is 0 Å². The van der Waals surface area contributed by atoms with Crippen LogP contribution in [-0.4, -0.2) is 33.4 Å². The maximum Gasteiger partial charge on any atom is 0.308 e. The van der Waals surface area contributed by atoms with Crippen LogP contribution in [0.4, 0.5) is 0 Å². The van der Waals surface area contributed by atoms with Crippen molar-refractivity contribution in [3.63, 3.8) is 0 Å². The van der Waals surface area contributed by atoms with Crippen LogP contribution in [0.25, 0.3) is 0 Å². The van der Waals surface area contributed by atoms with Crippen molar-refractivity contribution >= 4 is 21.9 Å². The highest BCUT2D eigenvalue weighted by atomic mass is 32.2. The van der Waals surface area contributed by atoms with Crippen LogP contribution in [0.15, 0.2) is 53.4 Å². The largest absolute Gasteiger partial charge is 0.427 e. The van der Waals surface area contributed by atoms with Gasteiger partial charge in [-0.05, 0) is 41.3 Å². The van der Waals surface area contributed by atoms with Crippen LogP contribution in [0.3, 0.4) is 0 Å². The first-order valence-corrected chi connectivity index (χ1v) is 10.6. The average Bonchev–Trinajstić information content (AvgIpc) is 2.64. The van der Waals surface area contributed by atoms with E-state index in [1.54, 1.807) is 42.5 Å². The van der Waals surface area contributed by atoms with Gasteiger partial charge in [0.2, 0.25) is 10.0 Å². The first-order chi connectivity index (χ1) is 13.5.